The van der Waals surface area contributed by atoms with Gasteiger partial charge in [0.05, 0.1) is 50.5 Å². The predicted molar refractivity (Wildman–Crippen MR) is 295 cm³/mol. The van der Waals surface area contributed by atoms with E-state index >= 15 is 0 Å². The van der Waals surface area contributed by atoms with Crippen molar-refractivity contribution in [3.05, 3.63) is 0 Å². The van der Waals surface area contributed by atoms with Gasteiger partial charge in [-0.2, -0.15) is 0 Å². The van der Waals surface area contributed by atoms with Crippen LogP contribution in [0.1, 0.15) is 297 Å². The topological polar surface area (TPSA) is 140 Å². The van der Waals surface area contributed by atoms with Crippen LogP contribution in [-0.2, 0) is 19.1 Å². The largest absolute Gasteiger partial charge is 0.466 e. The monoisotopic (exact) mass is 997 g/mol. The van der Waals surface area contributed by atoms with Crippen molar-refractivity contribution in [3.8, 4) is 0 Å². The Morgan fingerprint density at radius 2 is 0.529 bits per heavy atom. The molecule has 0 aromatic carbocycles. The maximum Gasteiger partial charge on any atom is 0.306 e. The second-order valence-electron chi connectivity index (χ2n) is 21.5. The number of aliphatic hydroxyl groups excluding tert-OH is 4. The molecule has 0 amide bonds. The van der Waals surface area contributed by atoms with Crippen LogP contribution in [0.5, 0.6) is 0 Å². The lowest BCUT2D eigenvalue weighted by Crippen LogP contribution is -2.38. The lowest BCUT2D eigenvalue weighted by molar-refractivity contribution is -0.150. The number of hydrogen-bond donors (Lipinski definition) is 4. The molecule has 4 N–H and O–H groups in total. The first-order valence-corrected chi connectivity index (χ1v) is 30.6. The second-order valence-corrected chi connectivity index (χ2v) is 21.5. The summed E-state index contributed by atoms with van der Waals surface area (Å²) >= 11 is 0. The Labute approximate surface area is 434 Å². The van der Waals surface area contributed by atoms with Crippen molar-refractivity contribution in [3.63, 3.8) is 0 Å². The Balaban J connectivity index is 4.67. The molecule has 0 rings (SSSR count). The fraction of sp³-hybridized carbons (Fsp3) is 0.967. The Bertz CT molecular complexity index is 945. The SMILES string of the molecule is CCCCCCCCCCC(O)CN(CCCCOC(=O)CCC(=O)OCCCCN(CC(O)CCCCCCCCCC)CC(O)CCCCCCCCCC)CC(O)CCCCCCCCCC. The van der Waals surface area contributed by atoms with Crippen LogP contribution in [0.3, 0.4) is 0 Å². The van der Waals surface area contributed by atoms with E-state index in [1.165, 1.54) is 154 Å². The Morgan fingerprint density at radius 3 is 0.757 bits per heavy atom. The number of hydrogen-bond acceptors (Lipinski definition) is 10. The average Bonchev–Trinajstić information content (AvgIpc) is 3.33. The maximum absolute atomic E-state index is 12.5. The van der Waals surface area contributed by atoms with Crippen molar-refractivity contribution in [2.24, 2.45) is 0 Å². The number of unbranched alkanes of at least 4 members (excludes halogenated alkanes) is 30. The van der Waals surface area contributed by atoms with E-state index in [1.54, 1.807) is 0 Å². The number of ether oxygens (including phenoxy) is 2. The molecule has 0 bridgehead atoms. The Morgan fingerprint density at radius 1 is 0.314 bits per heavy atom. The standard InChI is InChI=1S/C60H120N2O8/c1-5-9-13-17-21-25-29-33-41-55(63)51-61(52-56(64)42-34-30-26-22-18-14-10-6-2)47-37-39-49-69-59(67)45-46-60(68)70-50-40-38-48-62(53-57(65)43-35-31-27-23-19-15-11-7-3)54-58(66)44-36-32-28-24-20-16-12-8-4/h55-58,63-66H,5-54H2,1-4H3. The number of esters is 2. The molecule has 0 fully saturated rings. The zero-order valence-electron chi connectivity index (χ0n) is 47.0. The summed E-state index contributed by atoms with van der Waals surface area (Å²) < 4.78 is 11.0. The van der Waals surface area contributed by atoms with Crippen LogP contribution >= 0.6 is 0 Å². The van der Waals surface area contributed by atoms with Crippen LogP contribution in [0.15, 0.2) is 0 Å². The zero-order chi connectivity index (χ0) is 51.4. The molecule has 0 saturated carbocycles. The van der Waals surface area contributed by atoms with E-state index < -0.39 is 36.4 Å². The smallest absolute Gasteiger partial charge is 0.306 e. The predicted octanol–water partition coefficient (Wildman–Crippen LogP) is 14.6. The van der Waals surface area contributed by atoms with Crippen molar-refractivity contribution in [2.45, 2.75) is 322 Å². The van der Waals surface area contributed by atoms with E-state index in [-0.39, 0.29) is 26.1 Å². The third kappa shape index (κ3) is 50.2. The van der Waals surface area contributed by atoms with Crippen molar-refractivity contribution in [2.75, 3.05) is 52.5 Å². The molecule has 0 aromatic heterocycles. The Kier molecular flexibility index (Phi) is 53.0. The van der Waals surface area contributed by atoms with Gasteiger partial charge in [-0.3, -0.25) is 19.4 Å². The summed E-state index contributed by atoms with van der Waals surface area (Å²) in [5.41, 5.74) is 0. The molecular weight excluding hydrogens is 877 g/mol. The number of nitrogens with zero attached hydrogens (tertiary/aromatic N) is 2. The van der Waals surface area contributed by atoms with Crippen LogP contribution in [0.4, 0.5) is 0 Å². The summed E-state index contributed by atoms with van der Waals surface area (Å²) in [7, 11) is 0. The van der Waals surface area contributed by atoms with Crippen molar-refractivity contribution < 1.29 is 39.5 Å². The molecule has 10 heteroatoms. The number of carbonyl (C=O) groups excluding carboxylic acids is 2. The van der Waals surface area contributed by atoms with E-state index in [0.29, 0.717) is 39.0 Å². The van der Waals surface area contributed by atoms with Crippen LogP contribution in [-0.4, -0.2) is 119 Å². The van der Waals surface area contributed by atoms with Gasteiger partial charge in [0, 0.05) is 26.2 Å². The lowest BCUT2D eigenvalue weighted by atomic mass is 10.0. The molecule has 418 valence electrons. The maximum atomic E-state index is 12.5. The molecule has 0 aromatic rings. The molecule has 70 heavy (non-hydrogen) atoms. The first-order valence-electron chi connectivity index (χ1n) is 30.6. The quantitative estimate of drug-likeness (QED) is 0.0344. The van der Waals surface area contributed by atoms with Crippen LogP contribution in [0, 0.1) is 0 Å². The van der Waals surface area contributed by atoms with Crippen molar-refractivity contribution in [1.82, 2.24) is 9.80 Å². The van der Waals surface area contributed by atoms with Gasteiger partial charge in [0.2, 0.25) is 0 Å². The highest BCUT2D eigenvalue weighted by Crippen LogP contribution is 2.17. The minimum atomic E-state index is -0.413. The van der Waals surface area contributed by atoms with Crippen molar-refractivity contribution in [1.29, 1.82) is 0 Å². The fourth-order valence-corrected chi connectivity index (χ4v) is 9.72. The van der Waals surface area contributed by atoms with Gasteiger partial charge < -0.3 is 29.9 Å². The molecule has 4 unspecified atom stereocenters. The fourth-order valence-electron chi connectivity index (χ4n) is 9.72. The molecule has 0 heterocycles. The highest BCUT2D eigenvalue weighted by molar-refractivity contribution is 5.77. The Hall–Kier alpha value is -1.30. The van der Waals surface area contributed by atoms with E-state index in [9.17, 15) is 30.0 Å². The number of rotatable bonds is 57. The molecule has 0 radical (unpaired) electrons. The van der Waals surface area contributed by atoms with Gasteiger partial charge >= 0.3 is 11.9 Å². The van der Waals surface area contributed by atoms with Gasteiger partial charge in [-0.15, -0.1) is 0 Å². The van der Waals surface area contributed by atoms with Gasteiger partial charge in [-0.1, -0.05) is 233 Å². The van der Waals surface area contributed by atoms with Gasteiger partial charge in [-0.25, -0.2) is 0 Å². The summed E-state index contributed by atoms with van der Waals surface area (Å²) in [5, 5.41) is 43.8. The normalized spacial score (nSPS) is 13.6. The minimum absolute atomic E-state index is 0.0118. The molecule has 0 aliphatic carbocycles. The number of aliphatic hydroxyl groups is 4. The third-order valence-corrected chi connectivity index (χ3v) is 14.2. The van der Waals surface area contributed by atoms with Crippen molar-refractivity contribution >= 4 is 11.9 Å². The molecular formula is C60H120N2O8. The highest BCUT2D eigenvalue weighted by Gasteiger charge is 2.18. The third-order valence-electron chi connectivity index (χ3n) is 14.2. The summed E-state index contributed by atoms with van der Waals surface area (Å²) in [6, 6.07) is 0. The summed E-state index contributed by atoms with van der Waals surface area (Å²) in [6.45, 7) is 13.2. The van der Waals surface area contributed by atoms with Crippen LogP contribution in [0.25, 0.3) is 0 Å². The first kappa shape index (κ1) is 68.7. The molecule has 0 aliphatic heterocycles. The molecule has 10 nitrogen and oxygen atoms in total. The summed E-state index contributed by atoms with van der Waals surface area (Å²) in [6.07, 6.45) is 44.1. The lowest BCUT2D eigenvalue weighted by Gasteiger charge is -2.27. The van der Waals surface area contributed by atoms with E-state index in [2.05, 4.69) is 37.5 Å². The van der Waals surface area contributed by atoms with Crippen LogP contribution < -0.4 is 0 Å². The van der Waals surface area contributed by atoms with Gasteiger partial charge in [0.25, 0.3) is 0 Å². The molecule has 0 spiro atoms. The molecule has 0 saturated heterocycles. The van der Waals surface area contributed by atoms with Gasteiger partial charge in [-0.05, 0) is 64.5 Å². The van der Waals surface area contributed by atoms with Crippen LogP contribution in [0.2, 0.25) is 0 Å². The summed E-state index contributed by atoms with van der Waals surface area (Å²) in [4.78, 5) is 29.5. The second kappa shape index (κ2) is 54.0. The zero-order valence-corrected chi connectivity index (χ0v) is 47.0. The molecule has 4 atom stereocenters. The average molecular weight is 998 g/mol. The van der Waals surface area contributed by atoms with Gasteiger partial charge in [0.1, 0.15) is 0 Å². The van der Waals surface area contributed by atoms with E-state index in [4.69, 9.17) is 9.47 Å². The van der Waals surface area contributed by atoms with Gasteiger partial charge in [0.15, 0.2) is 0 Å². The minimum Gasteiger partial charge on any atom is -0.466 e. The van der Waals surface area contributed by atoms with E-state index in [1.807, 2.05) is 0 Å². The highest BCUT2D eigenvalue weighted by atomic mass is 16.5. The van der Waals surface area contributed by atoms with E-state index in [0.717, 1.165) is 103 Å². The first-order chi connectivity index (χ1) is 34.1. The number of carbonyl (C=O) groups is 2. The molecule has 0 aliphatic rings. The summed E-state index contributed by atoms with van der Waals surface area (Å²) in [5.74, 6) is -0.802.